The maximum atomic E-state index is 5.60. The second-order valence-electron chi connectivity index (χ2n) is 2.27. The molecule has 0 fully saturated rings. The van der Waals surface area contributed by atoms with E-state index in [9.17, 15) is 0 Å². The number of nitrogens with two attached hydrogens (primary N) is 2. The van der Waals surface area contributed by atoms with Crippen LogP contribution in [0.1, 0.15) is 12.8 Å². The van der Waals surface area contributed by atoms with E-state index in [2.05, 4.69) is 12.2 Å². The Bertz CT molecular complexity index is 86.7. The first kappa shape index (κ1) is 5.79. The normalized spacial score (nSPS) is 37.8. The third kappa shape index (κ3) is 1.08. The highest BCUT2D eigenvalue weighted by Gasteiger charge is 2.12. The Morgan fingerprint density at radius 2 is 1.38 bits per heavy atom. The van der Waals surface area contributed by atoms with Crippen LogP contribution in [0.2, 0.25) is 0 Å². The summed E-state index contributed by atoms with van der Waals surface area (Å²) in [6.45, 7) is 0. The fraction of sp³-hybridized carbons (Fsp3) is 0.667. The van der Waals surface area contributed by atoms with Crippen molar-refractivity contribution in [1.29, 1.82) is 0 Å². The van der Waals surface area contributed by atoms with E-state index in [1.165, 1.54) is 0 Å². The highest BCUT2D eigenvalue weighted by atomic mass is 14.8. The van der Waals surface area contributed by atoms with Crippen LogP contribution in [-0.4, -0.2) is 12.1 Å². The highest BCUT2D eigenvalue weighted by molar-refractivity contribution is 4.98. The van der Waals surface area contributed by atoms with E-state index in [0.29, 0.717) is 0 Å². The summed E-state index contributed by atoms with van der Waals surface area (Å²) in [6, 6.07) is 0.389. The van der Waals surface area contributed by atoms with Crippen molar-refractivity contribution < 1.29 is 0 Å². The minimum Gasteiger partial charge on any atom is -0.326 e. The molecule has 46 valence electrons. The van der Waals surface area contributed by atoms with Gasteiger partial charge in [-0.25, -0.2) is 0 Å². The van der Waals surface area contributed by atoms with Gasteiger partial charge in [0.25, 0.3) is 0 Å². The third-order valence-corrected chi connectivity index (χ3v) is 1.53. The number of hydrogen-bond acceptors (Lipinski definition) is 2. The molecular formula is C6H12N2. The fourth-order valence-corrected chi connectivity index (χ4v) is 0.856. The van der Waals surface area contributed by atoms with E-state index in [1.807, 2.05) is 0 Å². The monoisotopic (exact) mass is 112 g/mol. The molecule has 0 amide bonds. The third-order valence-electron chi connectivity index (χ3n) is 1.53. The van der Waals surface area contributed by atoms with Crippen LogP contribution in [0.5, 0.6) is 0 Å². The second kappa shape index (κ2) is 2.29. The van der Waals surface area contributed by atoms with Crippen LogP contribution in [-0.2, 0) is 0 Å². The lowest BCUT2D eigenvalue weighted by Crippen LogP contribution is -2.41. The SMILES string of the molecule is N[C@@H]1CC=CC[C@H]1N. The molecule has 0 aromatic heterocycles. The van der Waals surface area contributed by atoms with Crippen LogP contribution < -0.4 is 11.5 Å². The van der Waals surface area contributed by atoms with Gasteiger partial charge < -0.3 is 11.5 Å². The lowest BCUT2D eigenvalue weighted by molar-refractivity contribution is 0.516. The van der Waals surface area contributed by atoms with Crippen molar-refractivity contribution in [3.8, 4) is 0 Å². The predicted octanol–water partition coefficient (Wildman–Crippen LogP) is -0.00900. The van der Waals surface area contributed by atoms with Gasteiger partial charge >= 0.3 is 0 Å². The van der Waals surface area contributed by atoms with Crippen molar-refractivity contribution >= 4 is 0 Å². The Kier molecular flexibility index (Phi) is 1.65. The molecule has 1 aliphatic rings. The van der Waals surface area contributed by atoms with Crippen LogP contribution in [0.15, 0.2) is 12.2 Å². The van der Waals surface area contributed by atoms with Crippen molar-refractivity contribution in [2.24, 2.45) is 11.5 Å². The summed E-state index contributed by atoms with van der Waals surface area (Å²) >= 11 is 0. The minimum absolute atomic E-state index is 0.194. The standard InChI is InChI=1S/C6H12N2/c7-5-3-1-2-4-6(5)8/h1-2,5-6H,3-4,7-8H2/t5-,6-/m1/s1. The van der Waals surface area contributed by atoms with E-state index in [0.717, 1.165) is 12.8 Å². The predicted molar refractivity (Wildman–Crippen MR) is 34.3 cm³/mol. The van der Waals surface area contributed by atoms with Gasteiger partial charge in [-0.05, 0) is 12.8 Å². The Morgan fingerprint density at radius 1 is 1.00 bits per heavy atom. The van der Waals surface area contributed by atoms with Gasteiger partial charge in [0, 0.05) is 12.1 Å². The Morgan fingerprint density at radius 3 is 1.62 bits per heavy atom. The van der Waals surface area contributed by atoms with Crippen molar-refractivity contribution in [1.82, 2.24) is 0 Å². The van der Waals surface area contributed by atoms with Gasteiger partial charge in [0.05, 0.1) is 0 Å². The van der Waals surface area contributed by atoms with Gasteiger partial charge in [-0.15, -0.1) is 0 Å². The van der Waals surface area contributed by atoms with E-state index in [-0.39, 0.29) is 12.1 Å². The van der Waals surface area contributed by atoms with Gasteiger partial charge in [0.2, 0.25) is 0 Å². The average molecular weight is 112 g/mol. The molecule has 0 radical (unpaired) electrons. The van der Waals surface area contributed by atoms with Crippen LogP contribution in [0, 0.1) is 0 Å². The molecule has 2 atom stereocenters. The average Bonchev–Trinajstić information content (AvgIpc) is 1.77. The van der Waals surface area contributed by atoms with Crippen molar-refractivity contribution in [3.63, 3.8) is 0 Å². The summed E-state index contributed by atoms with van der Waals surface area (Å²) < 4.78 is 0. The number of hydrogen-bond donors (Lipinski definition) is 2. The summed E-state index contributed by atoms with van der Waals surface area (Å²) in [5, 5.41) is 0. The molecule has 0 unspecified atom stereocenters. The molecular weight excluding hydrogens is 100 g/mol. The van der Waals surface area contributed by atoms with E-state index < -0.39 is 0 Å². The van der Waals surface area contributed by atoms with E-state index in [1.54, 1.807) is 0 Å². The van der Waals surface area contributed by atoms with Crippen molar-refractivity contribution in [3.05, 3.63) is 12.2 Å². The lowest BCUT2D eigenvalue weighted by atomic mass is 9.98. The molecule has 0 heterocycles. The summed E-state index contributed by atoms with van der Waals surface area (Å²) in [5.41, 5.74) is 11.2. The van der Waals surface area contributed by atoms with Crippen LogP contribution >= 0.6 is 0 Å². The van der Waals surface area contributed by atoms with Gasteiger partial charge in [-0.1, -0.05) is 12.2 Å². The molecule has 2 nitrogen and oxygen atoms in total. The molecule has 0 aromatic carbocycles. The quantitative estimate of drug-likeness (QED) is 0.433. The molecule has 0 saturated heterocycles. The fourth-order valence-electron chi connectivity index (χ4n) is 0.856. The zero-order chi connectivity index (χ0) is 5.98. The van der Waals surface area contributed by atoms with Gasteiger partial charge in [-0.3, -0.25) is 0 Å². The van der Waals surface area contributed by atoms with Gasteiger partial charge in [0.1, 0.15) is 0 Å². The van der Waals surface area contributed by atoms with Crippen molar-refractivity contribution in [2.45, 2.75) is 24.9 Å². The summed E-state index contributed by atoms with van der Waals surface area (Å²) in [5.74, 6) is 0. The van der Waals surface area contributed by atoms with Crippen molar-refractivity contribution in [2.75, 3.05) is 0 Å². The smallest absolute Gasteiger partial charge is 0.0230 e. The van der Waals surface area contributed by atoms with Gasteiger partial charge in [-0.2, -0.15) is 0 Å². The molecule has 0 bridgehead atoms. The summed E-state index contributed by atoms with van der Waals surface area (Å²) in [7, 11) is 0. The maximum Gasteiger partial charge on any atom is 0.0230 e. The lowest BCUT2D eigenvalue weighted by Gasteiger charge is -2.19. The largest absolute Gasteiger partial charge is 0.326 e. The molecule has 0 saturated carbocycles. The number of rotatable bonds is 0. The van der Waals surface area contributed by atoms with E-state index in [4.69, 9.17) is 11.5 Å². The topological polar surface area (TPSA) is 52.0 Å². The van der Waals surface area contributed by atoms with Gasteiger partial charge in [0.15, 0.2) is 0 Å². The minimum atomic E-state index is 0.194. The maximum absolute atomic E-state index is 5.60. The molecule has 2 heteroatoms. The molecule has 0 aliphatic heterocycles. The Hall–Kier alpha value is -0.340. The first-order valence-electron chi connectivity index (χ1n) is 2.97. The zero-order valence-electron chi connectivity index (χ0n) is 4.88. The Labute approximate surface area is 49.5 Å². The molecule has 8 heavy (non-hydrogen) atoms. The summed E-state index contributed by atoms with van der Waals surface area (Å²) in [4.78, 5) is 0. The first-order valence-corrected chi connectivity index (χ1v) is 2.97. The molecule has 0 spiro atoms. The van der Waals surface area contributed by atoms with Crippen LogP contribution in [0.4, 0.5) is 0 Å². The summed E-state index contributed by atoms with van der Waals surface area (Å²) in [6.07, 6.45) is 6.07. The first-order chi connectivity index (χ1) is 3.80. The molecule has 1 aliphatic carbocycles. The van der Waals surface area contributed by atoms with Crippen LogP contribution in [0.25, 0.3) is 0 Å². The molecule has 0 aromatic rings. The zero-order valence-corrected chi connectivity index (χ0v) is 4.88. The second-order valence-corrected chi connectivity index (χ2v) is 2.27. The molecule has 4 N–H and O–H groups in total. The Balaban J connectivity index is 2.44. The highest BCUT2D eigenvalue weighted by Crippen LogP contribution is 2.06. The van der Waals surface area contributed by atoms with E-state index >= 15 is 0 Å². The molecule has 1 rings (SSSR count). The van der Waals surface area contributed by atoms with Crippen LogP contribution in [0.3, 0.4) is 0 Å².